The van der Waals surface area contributed by atoms with E-state index in [1.807, 2.05) is 48.5 Å². The Morgan fingerprint density at radius 1 is 0.261 bits per heavy atom. The van der Waals surface area contributed by atoms with Gasteiger partial charge < -0.3 is 0 Å². The van der Waals surface area contributed by atoms with E-state index in [4.69, 9.17) is 0 Å². The molecule has 15 rings (SSSR count). The van der Waals surface area contributed by atoms with E-state index in [1.54, 1.807) is 23.5 Å². The topological polar surface area (TPSA) is 51.2 Å². The molecule has 4 aliphatic carbocycles. The molecule has 0 unspecified atom stereocenters. The van der Waals surface area contributed by atoms with Crippen LogP contribution in [0.3, 0.4) is 0 Å². The van der Waals surface area contributed by atoms with E-state index in [0.717, 1.165) is 42.4 Å². The van der Waals surface area contributed by atoms with Crippen molar-refractivity contribution in [1.29, 1.82) is 0 Å². The summed E-state index contributed by atoms with van der Waals surface area (Å²) in [5.41, 5.74) is 17.8. The van der Waals surface area contributed by atoms with E-state index in [2.05, 4.69) is 170 Å². The Bertz CT molecular complexity index is 4000. The van der Waals surface area contributed by atoms with Gasteiger partial charge in [0.15, 0.2) is 17.0 Å². The summed E-state index contributed by atoms with van der Waals surface area (Å²) in [6.07, 6.45) is 0. The third-order valence-electron chi connectivity index (χ3n) is 15.2. The van der Waals surface area contributed by atoms with Crippen LogP contribution in [0.25, 0.3) is 53.6 Å². The van der Waals surface area contributed by atoms with Gasteiger partial charge in [-0.05, 0) is 114 Å². The minimum atomic E-state index is -0.519. The fraction of sp³-hybridized carbons (Fsp3) is 0.0308. The van der Waals surface area contributed by atoms with Crippen molar-refractivity contribution in [3.05, 3.63) is 308 Å². The van der Waals surface area contributed by atoms with Crippen molar-refractivity contribution in [3.63, 3.8) is 0 Å². The van der Waals surface area contributed by atoms with Crippen LogP contribution >= 0.6 is 11.3 Å². The maximum absolute atomic E-state index is 13.7. The number of carbonyl (C=O) groups is 2. The lowest BCUT2D eigenvalue weighted by atomic mass is 9.68. The molecule has 0 atom stereocenters. The van der Waals surface area contributed by atoms with Crippen LogP contribution in [-0.4, -0.2) is 11.6 Å². The number of fused-ring (bicyclic) bond motifs is 17. The van der Waals surface area contributed by atoms with Crippen LogP contribution in [0.4, 0.5) is 0 Å². The predicted molar refractivity (Wildman–Crippen MR) is 279 cm³/mol. The number of rotatable bonds is 2. The molecule has 0 N–H and O–H groups in total. The maximum Gasteiger partial charge on any atom is 0.195 e. The van der Waals surface area contributed by atoms with Crippen LogP contribution < -0.4 is 5.43 Å². The van der Waals surface area contributed by atoms with Crippen molar-refractivity contribution < 1.29 is 9.59 Å². The summed E-state index contributed by atoms with van der Waals surface area (Å²) in [7, 11) is 0. The Labute approximate surface area is 402 Å². The molecule has 322 valence electrons. The van der Waals surface area contributed by atoms with E-state index >= 15 is 0 Å². The Morgan fingerprint density at radius 2 is 0.652 bits per heavy atom. The van der Waals surface area contributed by atoms with Gasteiger partial charge in [-0.25, -0.2) is 0 Å². The van der Waals surface area contributed by atoms with Crippen molar-refractivity contribution in [2.24, 2.45) is 0 Å². The zero-order valence-electron chi connectivity index (χ0n) is 37.1. The molecule has 4 aliphatic rings. The second-order valence-corrected chi connectivity index (χ2v) is 19.5. The average Bonchev–Trinajstić information content (AvgIpc) is 4.00. The number of benzene rings is 10. The van der Waals surface area contributed by atoms with E-state index < -0.39 is 10.8 Å². The first-order valence-electron chi connectivity index (χ1n) is 23.4. The van der Waals surface area contributed by atoms with E-state index in [1.165, 1.54) is 55.6 Å². The quantitative estimate of drug-likeness (QED) is 0.162. The van der Waals surface area contributed by atoms with Crippen molar-refractivity contribution in [3.8, 4) is 33.4 Å². The molecule has 11 aromatic rings. The molecule has 4 heteroatoms. The largest absolute Gasteiger partial charge is 0.289 e. The first-order valence-corrected chi connectivity index (χ1v) is 24.2. The normalized spacial score (nSPS) is 14.4. The third kappa shape index (κ3) is 5.24. The smallest absolute Gasteiger partial charge is 0.195 e. The highest BCUT2D eigenvalue weighted by Gasteiger charge is 2.52. The second-order valence-electron chi connectivity index (χ2n) is 18.4. The maximum atomic E-state index is 13.7. The first kappa shape index (κ1) is 39.6. The Kier molecular flexibility index (Phi) is 8.44. The summed E-state index contributed by atoms with van der Waals surface area (Å²) < 4.78 is 2.06. The average molecular weight is 899 g/mol. The van der Waals surface area contributed by atoms with E-state index in [9.17, 15) is 14.4 Å². The summed E-state index contributed by atoms with van der Waals surface area (Å²) in [4.78, 5) is 40.7. The van der Waals surface area contributed by atoms with Gasteiger partial charge >= 0.3 is 0 Å². The second kappa shape index (κ2) is 14.7. The van der Waals surface area contributed by atoms with Crippen molar-refractivity contribution in [2.75, 3.05) is 0 Å². The van der Waals surface area contributed by atoms with Crippen LogP contribution in [0.5, 0.6) is 0 Å². The van der Waals surface area contributed by atoms with Crippen molar-refractivity contribution >= 4 is 43.1 Å². The monoisotopic (exact) mass is 898 g/mol. The molecular formula is C65H38O3S. The van der Waals surface area contributed by atoms with E-state index in [-0.39, 0.29) is 17.0 Å². The van der Waals surface area contributed by atoms with Crippen LogP contribution in [0, 0.1) is 0 Å². The minimum absolute atomic E-state index is 0.0799. The molecule has 3 nitrogen and oxygen atoms in total. The summed E-state index contributed by atoms with van der Waals surface area (Å²) >= 11 is 1.70. The van der Waals surface area contributed by atoms with Gasteiger partial charge in [0.25, 0.3) is 0 Å². The predicted octanol–water partition coefficient (Wildman–Crippen LogP) is 14.6. The van der Waals surface area contributed by atoms with Gasteiger partial charge in [0.1, 0.15) is 0 Å². The van der Waals surface area contributed by atoms with Gasteiger partial charge in [-0.2, -0.15) is 0 Å². The zero-order valence-corrected chi connectivity index (χ0v) is 37.9. The fourth-order valence-corrected chi connectivity index (χ4v) is 13.5. The van der Waals surface area contributed by atoms with Crippen LogP contribution in [0.2, 0.25) is 0 Å². The number of ketones is 2. The molecule has 0 radical (unpaired) electrons. The Morgan fingerprint density at radius 3 is 1.19 bits per heavy atom. The standard InChI is InChI=1S/C33H18O2.C32H20OS/c34-31-22-12-1-2-13-23(22)32(35)26-18-30-24(17-25(26)31)21-11-5-8-16-29(21)33(30)27-14-6-3-9-19(27)20-10-4-7-15-28(20)33;33-31-24-16-8-10-18-29(24)34-30-20-28-25(19-26(30)31)23-15-7-9-17-27(23)32(28,21-11-3-1-4-12-21)22-13-5-2-6-14-22/h1-18H;1-20H. The van der Waals surface area contributed by atoms with Crippen LogP contribution in [0.1, 0.15) is 76.4 Å². The highest BCUT2D eigenvalue weighted by molar-refractivity contribution is 7.24. The van der Waals surface area contributed by atoms with E-state index in [0.29, 0.717) is 22.3 Å². The molecule has 10 aromatic carbocycles. The number of hydrogen-bond donors (Lipinski definition) is 0. The van der Waals surface area contributed by atoms with Gasteiger partial charge in [0, 0.05) is 42.4 Å². The third-order valence-corrected chi connectivity index (χ3v) is 16.3. The lowest BCUT2D eigenvalue weighted by molar-refractivity contribution is 0.0979. The molecule has 0 saturated carbocycles. The molecule has 1 spiro atoms. The zero-order chi connectivity index (χ0) is 46.0. The summed E-state index contributed by atoms with van der Waals surface area (Å²) in [5.74, 6) is -0.160. The lowest BCUT2D eigenvalue weighted by Crippen LogP contribution is -2.28. The Balaban J connectivity index is 0.000000130. The molecule has 0 fully saturated rings. The molecular weight excluding hydrogens is 861 g/mol. The van der Waals surface area contributed by atoms with Gasteiger partial charge in [-0.3, -0.25) is 14.4 Å². The van der Waals surface area contributed by atoms with Gasteiger partial charge in [0.2, 0.25) is 0 Å². The Hall–Kier alpha value is -8.57. The molecule has 0 amide bonds. The molecule has 69 heavy (non-hydrogen) atoms. The van der Waals surface area contributed by atoms with Gasteiger partial charge in [-0.15, -0.1) is 11.3 Å². The first-order chi connectivity index (χ1) is 34.0. The summed E-state index contributed by atoms with van der Waals surface area (Å²) in [6, 6.07) is 79.3. The molecule has 0 aliphatic heterocycles. The van der Waals surface area contributed by atoms with Crippen LogP contribution in [-0.2, 0) is 10.8 Å². The molecule has 1 aromatic heterocycles. The lowest BCUT2D eigenvalue weighted by Gasteiger charge is -2.33. The fourth-order valence-electron chi connectivity index (χ4n) is 12.4. The SMILES string of the molecule is O=C1c2ccccc2C(=O)c2cc3c(cc21)-c1ccccc1C31c2ccccc2-c2ccccc21.O=c1c2ccccc2sc2cc3c(cc12)-c1ccccc1C3(c1ccccc1)c1ccccc1. The molecule has 0 saturated heterocycles. The highest BCUT2D eigenvalue weighted by Crippen LogP contribution is 2.63. The van der Waals surface area contributed by atoms with Crippen LogP contribution in [0.15, 0.2) is 235 Å². The summed E-state index contributed by atoms with van der Waals surface area (Å²) in [5, 5.41) is 1.60. The summed E-state index contributed by atoms with van der Waals surface area (Å²) in [6.45, 7) is 0. The molecule has 0 bridgehead atoms. The number of hydrogen-bond acceptors (Lipinski definition) is 4. The number of carbonyl (C=O) groups excluding carboxylic acids is 2. The highest BCUT2D eigenvalue weighted by atomic mass is 32.1. The minimum Gasteiger partial charge on any atom is -0.289 e. The molecule has 1 heterocycles. The van der Waals surface area contributed by atoms with Gasteiger partial charge in [-0.1, -0.05) is 194 Å². The van der Waals surface area contributed by atoms with Crippen molar-refractivity contribution in [1.82, 2.24) is 0 Å². The van der Waals surface area contributed by atoms with Gasteiger partial charge in [0.05, 0.1) is 10.8 Å². The van der Waals surface area contributed by atoms with Crippen molar-refractivity contribution in [2.45, 2.75) is 10.8 Å².